The second kappa shape index (κ2) is 7.83. The third-order valence-corrected chi connectivity index (χ3v) is 4.05. The number of rotatable bonds is 6. The molecule has 2 aromatic rings. The van der Waals surface area contributed by atoms with Crippen LogP contribution in [0.4, 0.5) is 0 Å². The number of benzene rings is 1. The van der Waals surface area contributed by atoms with Crippen molar-refractivity contribution in [3.63, 3.8) is 0 Å². The fourth-order valence-electron chi connectivity index (χ4n) is 2.65. The molecule has 7 nitrogen and oxygen atoms in total. The summed E-state index contributed by atoms with van der Waals surface area (Å²) in [6.07, 6.45) is 0.661. The first kappa shape index (κ1) is 17.0. The van der Waals surface area contributed by atoms with Crippen LogP contribution in [0.15, 0.2) is 36.4 Å². The molecular formula is C18H21N3O4. The Morgan fingerprint density at radius 1 is 1.20 bits per heavy atom. The van der Waals surface area contributed by atoms with Crippen molar-refractivity contribution >= 4 is 5.91 Å². The SMILES string of the molecule is COc1ccc(O[C@@H]2CCN(C(=O)COc3ccccc3C)C2)nn1. The van der Waals surface area contributed by atoms with E-state index in [1.165, 1.54) is 7.11 Å². The first-order chi connectivity index (χ1) is 12.2. The Balaban J connectivity index is 1.48. The van der Waals surface area contributed by atoms with Crippen molar-refractivity contribution < 1.29 is 19.0 Å². The third kappa shape index (κ3) is 4.37. The van der Waals surface area contributed by atoms with Gasteiger partial charge in [-0.05, 0) is 18.6 Å². The number of nitrogens with zero attached hydrogens (tertiary/aromatic N) is 3. The maximum Gasteiger partial charge on any atom is 0.260 e. The molecule has 1 atom stereocenters. The first-order valence-electron chi connectivity index (χ1n) is 8.16. The highest BCUT2D eigenvalue weighted by molar-refractivity contribution is 5.78. The highest BCUT2D eigenvalue weighted by atomic mass is 16.5. The van der Waals surface area contributed by atoms with Crippen LogP contribution in [0.3, 0.4) is 0 Å². The molecule has 0 spiro atoms. The van der Waals surface area contributed by atoms with Crippen molar-refractivity contribution in [2.24, 2.45) is 0 Å². The van der Waals surface area contributed by atoms with Gasteiger partial charge in [0.05, 0.1) is 13.7 Å². The quantitative estimate of drug-likeness (QED) is 0.797. The molecule has 3 rings (SSSR count). The van der Waals surface area contributed by atoms with Crippen molar-refractivity contribution in [3.05, 3.63) is 42.0 Å². The van der Waals surface area contributed by atoms with Gasteiger partial charge in [0, 0.05) is 25.1 Å². The molecule has 0 saturated carbocycles. The maximum absolute atomic E-state index is 12.3. The molecule has 0 bridgehead atoms. The summed E-state index contributed by atoms with van der Waals surface area (Å²) < 4.78 is 16.4. The molecule has 132 valence electrons. The van der Waals surface area contributed by atoms with Crippen molar-refractivity contribution in [2.45, 2.75) is 19.4 Å². The molecule has 1 aromatic heterocycles. The number of carbonyl (C=O) groups is 1. The average Bonchev–Trinajstić information content (AvgIpc) is 3.10. The Bertz CT molecular complexity index is 721. The summed E-state index contributed by atoms with van der Waals surface area (Å²) in [6.45, 7) is 3.14. The van der Waals surface area contributed by atoms with Crippen LogP contribution in [-0.2, 0) is 4.79 Å². The molecular weight excluding hydrogens is 322 g/mol. The molecule has 25 heavy (non-hydrogen) atoms. The van der Waals surface area contributed by atoms with Gasteiger partial charge in [-0.15, -0.1) is 10.2 Å². The average molecular weight is 343 g/mol. The minimum atomic E-state index is -0.0925. The van der Waals surface area contributed by atoms with Crippen molar-refractivity contribution in [1.29, 1.82) is 0 Å². The zero-order valence-corrected chi connectivity index (χ0v) is 14.3. The van der Waals surface area contributed by atoms with Crippen LogP contribution < -0.4 is 14.2 Å². The zero-order chi connectivity index (χ0) is 17.6. The number of para-hydroxylation sites is 1. The molecule has 0 N–H and O–H groups in total. The molecule has 1 aromatic carbocycles. The lowest BCUT2D eigenvalue weighted by Crippen LogP contribution is -2.34. The predicted octanol–water partition coefficient (Wildman–Crippen LogP) is 1.85. The number of ether oxygens (including phenoxy) is 3. The van der Waals surface area contributed by atoms with E-state index in [0.29, 0.717) is 24.8 Å². The van der Waals surface area contributed by atoms with E-state index < -0.39 is 0 Å². The van der Waals surface area contributed by atoms with Crippen LogP contribution in [-0.4, -0.2) is 53.9 Å². The number of aromatic nitrogens is 2. The number of methoxy groups -OCH3 is 1. The molecule has 2 heterocycles. The van der Waals surface area contributed by atoms with Gasteiger partial charge in [-0.3, -0.25) is 4.79 Å². The van der Waals surface area contributed by atoms with Crippen LogP contribution >= 0.6 is 0 Å². The van der Waals surface area contributed by atoms with E-state index >= 15 is 0 Å². The smallest absolute Gasteiger partial charge is 0.260 e. The fraction of sp³-hybridized carbons (Fsp3) is 0.389. The lowest BCUT2D eigenvalue weighted by molar-refractivity contribution is -0.132. The molecule has 7 heteroatoms. The topological polar surface area (TPSA) is 73.8 Å². The summed E-state index contributed by atoms with van der Waals surface area (Å²) in [5, 5.41) is 7.81. The van der Waals surface area contributed by atoms with Crippen LogP contribution in [0.25, 0.3) is 0 Å². The third-order valence-electron chi connectivity index (χ3n) is 4.05. The van der Waals surface area contributed by atoms with Crippen LogP contribution in [0.1, 0.15) is 12.0 Å². The van der Waals surface area contributed by atoms with Crippen molar-refractivity contribution in [1.82, 2.24) is 15.1 Å². The summed E-state index contributed by atoms with van der Waals surface area (Å²) in [7, 11) is 1.53. The minimum absolute atomic E-state index is 0.0277. The number of amides is 1. The molecule has 1 aliphatic heterocycles. The van der Waals surface area contributed by atoms with E-state index in [9.17, 15) is 4.79 Å². The summed E-state index contributed by atoms with van der Waals surface area (Å²) >= 11 is 0. The van der Waals surface area contributed by atoms with E-state index in [1.54, 1.807) is 17.0 Å². The van der Waals surface area contributed by atoms with Gasteiger partial charge >= 0.3 is 0 Å². The van der Waals surface area contributed by atoms with Crippen LogP contribution in [0.2, 0.25) is 0 Å². The standard InChI is InChI=1S/C18H21N3O4/c1-13-5-3-4-6-15(13)24-12-18(22)21-10-9-14(11-21)25-17-8-7-16(23-2)19-20-17/h3-8,14H,9-12H2,1-2H3/t14-/m1/s1. The van der Waals surface area contributed by atoms with Crippen LogP contribution in [0.5, 0.6) is 17.5 Å². The Morgan fingerprint density at radius 2 is 1.96 bits per heavy atom. The molecule has 1 aliphatic rings. The molecule has 0 aliphatic carbocycles. The van der Waals surface area contributed by atoms with Gasteiger partial charge in [0.2, 0.25) is 11.8 Å². The molecule has 1 saturated heterocycles. The number of likely N-dealkylation sites (tertiary alicyclic amines) is 1. The number of aryl methyl sites for hydroxylation is 1. The predicted molar refractivity (Wildman–Crippen MR) is 90.9 cm³/mol. The number of hydrogen-bond donors (Lipinski definition) is 0. The number of hydrogen-bond acceptors (Lipinski definition) is 6. The molecule has 1 amide bonds. The second-order valence-corrected chi connectivity index (χ2v) is 5.84. The van der Waals surface area contributed by atoms with Crippen LogP contribution in [0, 0.1) is 6.92 Å². The summed E-state index contributed by atoms with van der Waals surface area (Å²) in [5.74, 6) is 1.55. The summed E-state index contributed by atoms with van der Waals surface area (Å²) in [5.41, 5.74) is 1.01. The van der Waals surface area contributed by atoms with E-state index in [0.717, 1.165) is 17.7 Å². The van der Waals surface area contributed by atoms with Crippen molar-refractivity contribution in [2.75, 3.05) is 26.8 Å². The van der Waals surface area contributed by atoms with Gasteiger partial charge in [0.1, 0.15) is 11.9 Å². The van der Waals surface area contributed by atoms with Gasteiger partial charge in [-0.25, -0.2) is 0 Å². The Hall–Kier alpha value is -2.83. The highest BCUT2D eigenvalue weighted by Crippen LogP contribution is 2.19. The van der Waals surface area contributed by atoms with E-state index in [-0.39, 0.29) is 18.6 Å². The lowest BCUT2D eigenvalue weighted by Gasteiger charge is -2.17. The minimum Gasteiger partial charge on any atom is -0.484 e. The van der Waals surface area contributed by atoms with Gasteiger partial charge < -0.3 is 19.1 Å². The lowest BCUT2D eigenvalue weighted by atomic mass is 10.2. The summed E-state index contributed by atoms with van der Waals surface area (Å²) in [6, 6.07) is 11.0. The van der Waals surface area contributed by atoms with Crippen molar-refractivity contribution in [3.8, 4) is 17.5 Å². The fourth-order valence-corrected chi connectivity index (χ4v) is 2.65. The van der Waals surface area contributed by atoms with Gasteiger partial charge in [0.15, 0.2) is 6.61 Å². The van der Waals surface area contributed by atoms with Gasteiger partial charge in [-0.2, -0.15) is 0 Å². The maximum atomic E-state index is 12.3. The molecule has 0 radical (unpaired) electrons. The van der Waals surface area contributed by atoms with E-state index in [2.05, 4.69) is 10.2 Å². The second-order valence-electron chi connectivity index (χ2n) is 5.84. The summed E-state index contributed by atoms with van der Waals surface area (Å²) in [4.78, 5) is 14.1. The first-order valence-corrected chi connectivity index (χ1v) is 8.16. The molecule has 1 fully saturated rings. The number of carbonyl (C=O) groups excluding carboxylic acids is 1. The monoisotopic (exact) mass is 343 g/mol. The van der Waals surface area contributed by atoms with Gasteiger partial charge in [0.25, 0.3) is 5.91 Å². The Labute approximate surface area is 146 Å². The van der Waals surface area contributed by atoms with E-state index in [1.807, 2.05) is 31.2 Å². The highest BCUT2D eigenvalue weighted by Gasteiger charge is 2.28. The normalized spacial score (nSPS) is 16.6. The van der Waals surface area contributed by atoms with E-state index in [4.69, 9.17) is 14.2 Å². The zero-order valence-electron chi connectivity index (χ0n) is 14.3. The largest absolute Gasteiger partial charge is 0.484 e. The Morgan fingerprint density at radius 3 is 2.68 bits per heavy atom. The Kier molecular flexibility index (Phi) is 5.33. The van der Waals surface area contributed by atoms with Gasteiger partial charge in [-0.1, -0.05) is 18.2 Å². The molecule has 0 unspecified atom stereocenters.